The van der Waals surface area contributed by atoms with E-state index in [1.54, 1.807) is 0 Å². The Labute approximate surface area is 105 Å². The highest BCUT2D eigenvalue weighted by Crippen LogP contribution is 2.31. The van der Waals surface area contributed by atoms with Crippen molar-refractivity contribution in [1.29, 1.82) is 0 Å². The maximum absolute atomic E-state index is 11.8. The van der Waals surface area contributed by atoms with E-state index in [9.17, 15) is 4.79 Å². The minimum Gasteiger partial charge on any atom is -0.341 e. The molecule has 86 valence electrons. The maximum Gasteiger partial charge on any atom is 0.225 e. The van der Waals surface area contributed by atoms with Crippen LogP contribution in [0.4, 0.5) is 0 Å². The average molecular weight is 282 g/mol. The second kappa shape index (κ2) is 4.58. The van der Waals surface area contributed by atoms with Crippen molar-refractivity contribution in [3.05, 3.63) is 33.8 Å². The summed E-state index contributed by atoms with van der Waals surface area (Å²) in [5.74, 6) is 0.593. The molecular weight excluding hydrogens is 266 g/mol. The van der Waals surface area contributed by atoms with Crippen LogP contribution in [0.2, 0.25) is 0 Å². The third-order valence-corrected chi connectivity index (χ3v) is 3.28. The molecule has 1 amide bonds. The first-order valence-corrected chi connectivity index (χ1v) is 6.36. The molecular formula is C13H16BrNO. The Morgan fingerprint density at radius 1 is 1.44 bits per heavy atom. The van der Waals surface area contributed by atoms with Crippen molar-refractivity contribution in [2.45, 2.75) is 26.3 Å². The molecule has 0 radical (unpaired) electrons. The summed E-state index contributed by atoms with van der Waals surface area (Å²) in [6.07, 6.45) is 2.14. The number of aryl methyl sites for hydroxylation is 1. The number of halogens is 1. The molecule has 0 aromatic heterocycles. The van der Waals surface area contributed by atoms with Gasteiger partial charge in [-0.15, -0.1) is 0 Å². The zero-order chi connectivity index (χ0) is 11.7. The van der Waals surface area contributed by atoms with Crippen LogP contribution in [-0.4, -0.2) is 17.9 Å². The Bertz CT molecular complexity index is 392. The highest BCUT2D eigenvalue weighted by atomic mass is 79.9. The van der Waals surface area contributed by atoms with E-state index in [4.69, 9.17) is 0 Å². The van der Waals surface area contributed by atoms with Crippen molar-refractivity contribution >= 4 is 21.8 Å². The molecule has 1 aliphatic rings. The van der Waals surface area contributed by atoms with Crippen LogP contribution in [0.5, 0.6) is 0 Å². The van der Waals surface area contributed by atoms with Crippen molar-refractivity contribution in [3.8, 4) is 0 Å². The van der Waals surface area contributed by atoms with Crippen LogP contribution in [0.3, 0.4) is 0 Å². The summed E-state index contributed by atoms with van der Waals surface area (Å²) < 4.78 is 1.08. The molecule has 0 unspecified atom stereocenters. The SMILES string of the molecule is Cc1cc(Br)cc(CN(C)C(=O)C2CC2)c1. The van der Waals surface area contributed by atoms with Crippen molar-refractivity contribution in [3.63, 3.8) is 0 Å². The first kappa shape index (κ1) is 11.6. The summed E-state index contributed by atoms with van der Waals surface area (Å²) in [7, 11) is 1.89. The fourth-order valence-electron chi connectivity index (χ4n) is 1.90. The molecule has 1 saturated carbocycles. The van der Waals surface area contributed by atoms with E-state index >= 15 is 0 Å². The Balaban J connectivity index is 2.04. The number of nitrogens with zero attached hydrogens (tertiary/aromatic N) is 1. The molecule has 2 rings (SSSR count). The lowest BCUT2D eigenvalue weighted by Crippen LogP contribution is -2.27. The van der Waals surface area contributed by atoms with Crippen LogP contribution in [-0.2, 0) is 11.3 Å². The number of carbonyl (C=O) groups is 1. The summed E-state index contributed by atoms with van der Waals surface area (Å²) in [5, 5.41) is 0. The van der Waals surface area contributed by atoms with E-state index in [0.29, 0.717) is 12.5 Å². The minimum atomic E-state index is 0.289. The zero-order valence-corrected chi connectivity index (χ0v) is 11.3. The van der Waals surface area contributed by atoms with Crippen molar-refractivity contribution in [2.24, 2.45) is 5.92 Å². The summed E-state index contributed by atoms with van der Waals surface area (Å²) in [6.45, 7) is 2.77. The molecule has 0 bridgehead atoms. The second-order valence-corrected chi connectivity index (χ2v) is 5.52. The summed E-state index contributed by atoms with van der Waals surface area (Å²) in [6, 6.07) is 6.28. The lowest BCUT2D eigenvalue weighted by atomic mass is 10.1. The van der Waals surface area contributed by atoms with E-state index in [-0.39, 0.29) is 5.91 Å². The number of rotatable bonds is 3. The Kier molecular flexibility index (Phi) is 3.33. The van der Waals surface area contributed by atoms with Gasteiger partial charge >= 0.3 is 0 Å². The predicted octanol–water partition coefficient (Wildman–Crippen LogP) is 3.13. The molecule has 0 atom stereocenters. The molecule has 1 fully saturated rings. The normalized spacial score (nSPS) is 14.9. The smallest absolute Gasteiger partial charge is 0.225 e. The number of hydrogen-bond donors (Lipinski definition) is 0. The Hall–Kier alpha value is -0.830. The van der Waals surface area contributed by atoms with Gasteiger partial charge in [-0.2, -0.15) is 0 Å². The van der Waals surface area contributed by atoms with Gasteiger partial charge in [0.05, 0.1) is 0 Å². The topological polar surface area (TPSA) is 20.3 Å². The largest absolute Gasteiger partial charge is 0.341 e. The molecule has 1 aromatic carbocycles. The molecule has 0 heterocycles. The minimum absolute atomic E-state index is 0.289. The quantitative estimate of drug-likeness (QED) is 0.834. The van der Waals surface area contributed by atoms with E-state index < -0.39 is 0 Å². The van der Waals surface area contributed by atoms with E-state index in [1.165, 1.54) is 11.1 Å². The highest BCUT2D eigenvalue weighted by Gasteiger charge is 2.31. The first-order valence-electron chi connectivity index (χ1n) is 5.57. The molecule has 1 aromatic rings. The molecule has 3 heteroatoms. The molecule has 0 aliphatic heterocycles. The van der Waals surface area contributed by atoms with Crippen LogP contribution in [0, 0.1) is 12.8 Å². The average Bonchev–Trinajstić information content (AvgIpc) is 2.97. The van der Waals surface area contributed by atoms with E-state index in [0.717, 1.165) is 17.3 Å². The van der Waals surface area contributed by atoms with E-state index in [1.807, 2.05) is 11.9 Å². The fourth-order valence-corrected chi connectivity index (χ4v) is 2.55. The number of carbonyl (C=O) groups excluding carboxylic acids is 1. The molecule has 1 aliphatic carbocycles. The Morgan fingerprint density at radius 3 is 2.69 bits per heavy atom. The molecule has 0 spiro atoms. The van der Waals surface area contributed by atoms with Crippen LogP contribution in [0.1, 0.15) is 24.0 Å². The van der Waals surface area contributed by atoms with Gasteiger partial charge in [0.2, 0.25) is 5.91 Å². The summed E-state index contributed by atoms with van der Waals surface area (Å²) >= 11 is 3.48. The first-order chi connectivity index (χ1) is 7.56. The molecule has 0 saturated heterocycles. The van der Waals surface area contributed by atoms with Gasteiger partial charge in [-0.05, 0) is 43.0 Å². The predicted molar refractivity (Wildman–Crippen MR) is 68.1 cm³/mol. The molecule has 16 heavy (non-hydrogen) atoms. The van der Waals surface area contributed by atoms with Crippen molar-refractivity contribution in [1.82, 2.24) is 4.90 Å². The Morgan fingerprint density at radius 2 is 2.12 bits per heavy atom. The highest BCUT2D eigenvalue weighted by molar-refractivity contribution is 9.10. The summed E-state index contributed by atoms with van der Waals surface area (Å²) in [5.41, 5.74) is 2.40. The lowest BCUT2D eigenvalue weighted by molar-refractivity contribution is -0.131. The molecule has 2 nitrogen and oxygen atoms in total. The monoisotopic (exact) mass is 281 g/mol. The van der Waals surface area contributed by atoms with Crippen LogP contribution in [0.15, 0.2) is 22.7 Å². The van der Waals surface area contributed by atoms with Crippen LogP contribution < -0.4 is 0 Å². The van der Waals surface area contributed by atoms with Gasteiger partial charge < -0.3 is 4.90 Å². The van der Waals surface area contributed by atoms with Crippen LogP contribution in [0.25, 0.3) is 0 Å². The van der Waals surface area contributed by atoms with Gasteiger partial charge in [-0.3, -0.25) is 4.79 Å². The lowest BCUT2D eigenvalue weighted by Gasteiger charge is -2.17. The third kappa shape index (κ3) is 2.85. The number of hydrogen-bond acceptors (Lipinski definition) is 1. The van der Waals surface area contributed by atoms with Gasteiger partial charge in [0, 0.05) is 24.0 Å². The van der Waals surface area contributed by atoms with E-state index in [2.05, 4.69) is 41.1 Å². The van der Waals surface area contributed by atoms with Gasteiger partial charge in [0.15, 0.2) is 0 Å². The van der Waals surface area contributed by atoms with Crippen LogP contribution >= 0.6 is 15.9 Å². The fraction of sp³-hybridized carbons (Fsp3) is 0.462. The second-order valence-electron chi connectivity index (χ2n) is 4.61. The summed E-state index contributed by atoms with van der Waals surface area (Å²) in [4.78, 5) is 13.6. The van der Waals surface area contributed by atoms with Crippen molar-refractivity contribution < 1.29 is 4.79 Å². The number of benzene rings is 1. The maximum atomic E-state index is 11.8. The van der Waals surface area contributed by atoms with Crippen molar-refractivity contribution in [2.75, 3.05) is 7.05 Å². The standard InChI is InChI=1S/C13H16BrNO/c1-9-5-10(7-12(14)6-9)8-15(2)13(16)11-3-4-11/h5-7,11H,3-4,8H2,1-2H3. The van der Waals surface area contributed by atoms with Gasteiger partial charge in [-0.25, -0.2) is 0 Å². The molecule has 0 N–H and O–H groups in total. The number of amides is 1. The zero-order valence-electron chi connectivity index (χ0n) is 9.66. The third-order valence-electron chi connectivity index (χ3n) is 2.82. The van der Waals surface area contributed by atoms with Gasteiger partial charge in [-0.1, -0.05) is 22.0 Å². The van der Waals surface area contributed by atoms with Gasteiger partial charge in [0.1, 0.15) is 0 Å². The van der Waals surface area contributed by atoms with Gasteiger partial charge in [0.25, 0.3) is 0 Å².